The van der Waals surface area contributed by atoms with Crippen LogP contribution in [-0.2, 0) is 4.79 Å². The average molecular weight is 389 g/mol. The van der Waals surface area contributed by atoms with Gasteiger partial charge in [-0.15, -0.1) is 11.3 Å². The molecular weight excluding hydrogens is 374 g/mol. The number of aromatic carboxylic acids is 1. The van der Waals surface area contributed by atoms with Crippen molar-refractivity contribution < 1.29 is 19.4 Å². The third-order valence-electron chi connectivity index (χ3n) is 3.44. The van der Waals surface area contributed by atoms with Crippen LogP contribution in [0.3, 0.4) is 0 Å². The molecule has 9 heteroatoms. The highest BCUT2D eigenvalue weighted by atomic mass is 32.2. The summed E-state index contributed by atoms with van der Waals surface area (Å²) in [6.45, 7) is 0. The summed E-state index contributed by atoms with van der Waals surface area (Å²) in [4.78, 5) is 27.8. The van der Waals surface area contributed by atoms with Crippen molar-refractivity contribution in [1.29, 1.82) is 0 Å². The Morgan fingerprint density at radius 3 is 2.85 bits per heavy atom. The van der Waals surface area contributed by atoms with E-state index < -0.39 is 5.97 Å². The summed E-state index contributed by atoms with van der Waals surface area (Å²) in [7, 11) is 1.45. The van der Waals surface area contributed by atoms with Crippen LogP contribution in [0.5, 0.6) is 5.75 Å². The van der Waals surface area contributed by atoms with Gasteiger partial charge in [-0.25, -0.2) is 9.78 Å². The number of nitrogens with two attached hydrogens (primary N) is 1. The zero-order valence-corrected chi connectivity index (χ0v) is 15.3. The molecule has 4 N–H and O–H groups in total. The second-order valence-corrected chi connectivity index (χ2v) is 7.52. The molecule has 0 saturated carbocycles. The summed E-state index contributed by atoms with van der Waals surface area (Å²) in [6, 6.07) is 9.75. The maximum absolute atomic E-state index is 12.2. The van der Waals surface area contributed by atoms with Crippen LogP contribution in [0.4, 0.5) is 11.4 Å². The Labute approximate surface area is 157 Å². The van der Waals surface area contributed by atoms with Crippen LogP contribution < -0.4 is 15.8 Å². The number of carbonyl (C=O) groups excluding carboxylic acids is 1. The lowest BCUT2D eigenvalue weighted by Crippen LogP contribution is -2.15. The molecule has 0 aliphatic heterocycles. The molecule has 1 amide bonds. The molecular formula is C17H15N3O4S2. The van der Waals surface area contributed by atoms with Gasteiger partial charge in [-0.3, -0.25) is 4.79 Å². The van der Waals surface area contributed by atoms with Crippen molar-refractivity contribution in [2.24, 2.45) is 0 Å². The van der Waals surface area contributed by atoms with Crippen molar-refractivity contribution in [3.05, 3.63) is 42.0 Å². The van der Waals surface area contributed by atoms with E-state index in [9.17, 15) is 9.59 Å². The number of carboxylic acids is 1. The number of ether oxygens (including phenoxy) is 1. The number of anilines is 2. The standard InChI is InChI=1S/C17H15N3O4S2/c1-24-13-5-2-9(16(22)23)6-12(13)19-15(21)8-25-17-20-11-4-3-10(18)7-14(11)26-17/h2-7H,8,18H2,1H3,(H,19,21)(H,22,23). The number of nitrogens with zero attached hydrogens (tertiary/aromatic N) is 1. The van der Waals surface area contributed by atoms with E-state index in [-0.39, 0.29) is 17.2 Å². The van der Waals surface area contributed by atoms with E-state index in [4.69, 9.17) is 15.6 Å². The Balaban J connectivity index is 1.68. The number of nitrogens with one attached hydrogen (secondary N) is 1. The summed E-state index contributed by atoms with van der Waals surface area (Å²) in [5, 5.41) is 11.8. The minimum Gasteiger partial charge on any atom is -0.495 e. The highest BCUT2D eigenvalue weighted by molar-refractivity contribution is 8.01. The lowest BCUT2D eigenvalue weighted by Gasteiger charge is -2.10. The molecule has 1 aromatic heterocycles. The molecule has 0 spiro atoms. The van der Waals surface area contributed by atoms with Crippen molar-refractivity contribution in [3.8, 4) is 5.75 Å². The molecule has 0 fully saturated rings. The quantitative estimate of drug-likeness (QED) is 0.438. The number of fused-ring (bicyclic) bond motifs is 1. The predicted molar refractivity (Wildman–Crippen MR) is 103 cm³/mol. The first kappa shape index (κ1) is 18.0. The van der Waals surface area contributed by atoms with E-state index in [2.05, 4.69) is 10.3 Å². The Morgan fingerprint density at radius 1 is 1.31 bits per heavy atom. The molecule has 0 unspecified atom stereocenters. The SMILES string of the molecule is COc1ccc(C(=O)O)cc1NC(=O)CSc1nc2ccc(N)cc2s1. The molecule has 0 bridgehead atoms. The summed E-state index contributed by atoms with van der Waals surface area (Å²) >= 11 is 2.76. The largest absolute Gasteiger partial charge is 0.495 e. The first-order valence-corrected chi connectivity index (χ1v) is 9.26. The fourth-order valence-corrected chi connectivity index (χ4v) is 4.15. The second kappa shape index (κ2) is 7.63. The van der Waals surface area contributed by atoms with E-state index in [1.54, 1.807) is 6.07 Å². The highest BCUT2D eigenvalue weighted by Crippen LogP contribution is 2.31. The molecule has 134 valence electrons. The lowest BCUT2D eigenvalue weighted by atomic mass is 10.2. The third kappa shape index (κ3) is 4.06. The lowest BCUT2D eigenvalue weighted by molar-refractivity contribution is -0.113. The van der Waals surface area contributed by atoms with Crippen LogP contribution in [0.2, 0.25) is 0 Å². The van der Waals surface area contributed by atoms with Gasteiger partial charge in [0.25, 0.3) is 0 Å². The predicted octanol–water partition coefficient (Wildman–Crippen LogP) is 3.32. The van der Waals surface area contributed by atoms with Crippen LogP contribution in [-0.4, -0.2) is 34.8 Å². The van der Waals surface area contributed by atoms with Gasteiger partial charge in [-0.05, 0) is 36.4 Å². The summed E-state index contributed by atoms with van der Waals surface area (Å²) in [5.74, 6) is -0.833. The van der Waals surface area contributed by atoms with Gasteiger partial charge in [0.15, 0.2) is 4.34 Å². The molecule has 0 saturated heterocycles. The van der Waals surface area contributed by atoms with Crippen LogP contribution in [0, 0.1) is 0 Å². The number of thioether (sulfide) groups is 1. The number of methoxy groups -OCH3 is 1. The molecule has 1 heterocycles. The van der Waals surface area contributed by atoms with Gasteiger partial charge in [-0.1, -0.05) is 11.8 Å². The van der Waals surface area contributed by atoms with Crippen molar-refractivity contribution >= 4 is 56.6 Å². The number of amides is 1. The summed E-state index contributed by atoms with van der Waals surface area (Å²) in [6.07, 6.45) is 0. The first-order chi connectivity index (χ1) is 12.5. The van der Waals surface area contributed by atoms with E-state index in [0.717, 1.165) is 14.6 Å². The van der Waals surface area contributed by atoms with Gasteiger partial charge >= 0.3 is 5.97 Å². The first-order valence-electron chi connectivity index (χ1n) is 7.46. The number of carbonyl (C=O) groups is 2. The van der Waals surface area contributed by atoms with Gasteiger partial charge in [0.05, 0.1) is 34.3 Å². The zero-order chi connectivity index (χ0) is 18.7. The third-order valence-corrected chi connectivity index (χ3v) is 5.60. The van der Waals surface area contributed by atoms with Gasteiger partial charge in [0.2, 0.25) is 5.91 Å². The molecule has 0 atom stereocenters. The van der Waals surface area contributed by atoms with Crippen molar-refractivity contribution in [3.63, 3.8) is 0 Å². The fraction of sp³-hybridized carbons (Fsp3) is 0.118. The Morgan fingerprint density at radius 2 is 2.12 bits per heavy atom. The molecule has 0 aliphatic rings. The monoisotopic (exact) mass is 389 g/mol. The van der Waals surface area contributed by atoms with Crippen molar-refractivity contribution in [2.45, 2.75) is 4.34 Å². The molecule has 3 aromatic rings. The Hall–Kier alpha value is -2.78. The number of carboxylic acid groups (broad SMARTS) is 1. The van der Waals surface area contributed by atoms with E-state index >= 15 is 0 Å². The number of rotatable bonds is 6. The number of nitrogen functional groups attached to an aromatic ring is 1. The second-order valence-electron chi connectivity index (χ2n) is 5.26. The number of benzene rings is 2. The Bertz CT molecular complexity index is 987. The molecule has 0 aliphatic carbocycles. The Kier molecular flexibility index (Phi) is 5.29. The molecule has 2 aromatic carbocycles. The smallest absolute Gasteiger partial charge is 0.335 e. The van der Waals surface area contributed by atoms with Gasteiger partial charge in [-0.2, -0.15) is 0 Å². The number of aromatic nitrogens is 1. The molecule has 7 nitrogen and oxygen atoms in total. The fourth-order valence-electron chi connectivity index (χ4n) is 2.23. The van der Waals surface area contributed by atoms with E-state index in [0.29, 0.717) is 17.1 Å². The highest BCUT2D eigenvalue weighted by Gasteiger charge is 2.13. The summed E-state index contributed by atoms with van der Waals surface area (Å²) < 4.78 is 6.88. The van der Waals surface area contributed by atoms with Crippen LogP contribution in [0.1, 0.15) is 10.4 Å². The molecule has 0 radical (unpaired) electrons. The maximum atomic E-state index is 12.2. The van der Waals surface area contributed by atoms with Gasteiger partial charge < -0.3 is 20.9 Å². The number of thiazole rings is 1. The maximum Gasteiger partial charge on any atom is 0.335 e. The number of hydrogen-bond donors (Lipinski definition) is 3. The van der Waals surface area contributed by atoms with E-state index in [1.165, 1.54) is 48.4 Å². The van der Waals surface area contributed by atoms with Crippen LogP contribution in [0.25, 0.3) is 10.2 Å². The zero-order valence-electron chi connectivity index (χ0n) is 13.7. The van der Waals surface area contributed by atoms with E-state index in [1.807, 2.05) is 12.1 Å². The van der Waals surface area contributed by atoms with Gasteiger partial charge in [0.1, 0.15) is 5.75 Å². The number of hydrogen-bond acceptors (Lipinski definition) is 7. The van der Waals surface area contributed by atoms with Crippen LogP contribution >= 0.6 is 23.1 Å². The normalized spacial score (nSPS) is 10.7. The summed E-state index contributed by atoms with van der Waals surface area (Å²) in [5.41, 5.74) is 7.64. The van der Waals surface area contributed by atoms with Gasteiger partial charge in [0, 0.05) is 5.69 Å². The van der Waals surface area contributed by atoms with Crippen LogP contribution in [0.15, 0.2) is 40.7 Å². The topological polar surface area (TPSA) is 115 Å². The molecule has 3 rings (SSSR count). The molecule has 26 heavy (non-hydrogen) atoms. The van der Waals surface area contributed by atoms with Crippen molar-refractivity contribution in [1.82, 2.24) is 4.98 Å². The minimum absolute atomic E-state index is 0.0671. The minimum atomic E-state index is -1.08. The van der Waals surface area contributed by atoms with Crippen molar-refractivity contribution in [2.75, 3.05) is 23.9 Å². The average Bonchev–Trinajstić information content (AvgIpc) is 3.01.